The van der Waals surface area contributed by atoms with Gasteiger partial charge in [0.1, 0.15) is 5.75 Å². The van der Waals surface area contributed by atoms with Gasteiger partial charge in [-0.05, 0) is 40.3 Å². The van der Waals surface area contributed by atoms with Gasteiger partial charge < -0.3 is 15.3 Å². The number of fused-ring (bicyclic) bond motifs is 3. The second-order valence-electron chi connectivity index (χ2n) is 5.52. The van der Waals surface area contributed by atoms with E-state index in [1.54, 1.807) is 0 Å². The van der Waals surface area contributed by atoms with Crippen LogP contribution in [-0.2, 0) is 6.42 Å². The summed E-state index contributed by atoms with van der Waals surface area (Å²) in [5.74, 6) is -0.599. The molecule has 0 aliphatic heterocycles. The lowest BCUT2D eigenvalue weighted by Crippen LogP contribution is -1.88. The summed E-state index contributed by atoms with van der Waals surface area (Å²) in [5.41, 5.74) is 6.15. The fraction of sp³-hybridized carbons (Fsp3) is 0.0526. The number of rotatable bonds is 1. The van der Waals surface area contributed by atoms with Gasteiger partial charge in [-0.2, -0.15) is 0 Å². The molecular formula is C19H14O3. The number of benzene rings is 3. The Labute approximate surface area is 127 Å². The summed E-state index contributed by atoms with van der Waals surface area (Å²) >= 11 is 0. The van der Waals surface area contributed by atoms with Crippen LogP contribution in [0.1, 0.15) is 11.1 Å². The lowest BCUT2D eigenvalue weighted by molar-refractivity contribution is 0.397. The van der Waals surface area contributed by atoms with Crippen molar-refractivity contribution in [1.29, 1.82) is 0 Å². The van der Waals surface area contributed by atoms with E-state index in [9.17, 15) is 15.3 Å². The molecule has 1 aliphatic rings. The molecule has 1 aliphatic carbocycles. The molecule has 0 radical (unpaired) electrons. The molecule has 3 aromatic rings. The minimum absolute atomic E-state index is 0.0420. The predicted octanol–water partition coefficient (Wildman–Crippen LogP) is 4.04. The molecule has 108 valence electrons. The molecule has 0 amide bonds. The Bertz CT molecular complexity index is 897. The molecule has 0 atom stereocenters. The van der Waals surface area contributed by atoms with E-state index < -0.39 is 0 Å². The van der Waals surface area contributed by atoms with Gasteiger partial charge in [0.15, 0.2) is 11.5 Å². The van der Waals surface area contributed by atoms with Crippen molar-refractivity contribution in [3.05, 3.63) is 65.7 Å². The third-order valence-electron chi connectivity index (χ3n) is 4.23. The summed E-state index contributed by atoms with van der Waals surface area (Å²) in [7, 11) is 0. The monoisotopic (exact) mass is 290 g/mol. The van der Waals surface area contributed by atoms with Crippen molar-refractivity contribution in [3.8, 4) is 39.5 Å². The summed E-state index contributed by atoms with van der Waals surface area (Å²) < 4.78 is 0. The van der Waals surface area contributed by atoms with Crippen LogP contribution in [0.3, 0.4) is 0 Å². The van der Waals surface area contributed by atoms with Gasteiger partial charge in [-0.1, -0.05) is 42.5 Å². The largest absolute Gasteiger partial charge is 0.507 e. The Morgan fingerprint density at radius 3 is 2.05 bits per heavy atom. The van der Waals surface area contributed by atoms with Crippen molar-refractivity contribution >= 4 is 0 Å². The molecule has 3 N–H and O–H groups in total. The van der Waals surface area contributed by atoms with Crippen LogP contribution in [0.2, 0.25) is 0 Å². The van der Waals surface area contributed by atoms with E-state index in [2.05, 4.69) is 18.2 Å². The van der Waals surface area contributed by atoms with Gasteiger partial charge in [0.25, 0.3) is 0 Å². The van der Waals surface area contributed by atoms with E-state index in [0.717, 1.165) is 23.1 Å². The number of phenols is 3. The molecule has 22 heavy (non-hydrogen) atoms. The zero-order chi connectivity index (χ0) is 15.3. The standard InChI is InChI=1S/C19H14O3/c20-17-10-19(22)18(21)9-16(17)14-7-3-6-13-12-5-2-1-4-11(12)8-15(13)14/h1-7,9-10,20-22H,8H2. The molecule has 0 bridgehead atoms. The van der Waals surface area contributed by atoms with Crippen LogP contribution < -0.4 is 0 Å². The molecule has 4 rings (SSSR count). The lowest BCUT2D eigenvalue weighted by atomic mass is 9.95. The van der Waals surface area contributed by atoms with Crippen molar-refractivity contribution < 1.29 is 15.3 Å². The maximum atomic E-state index is 10.1. The summed E-state index contributed by atoms with van der Waals surface area (Å²) in [6, 6.07) is 16.8. The van der Waals surface area contributed by atoms with Gasteiger partial charge in [0, 0.05) is 11.6 Å². The Hall–Kier alpha value is -2.94. The first-order chi connectivity index (χ1) is 10.6. The molecule has 0 aromatic heterocycles. The maximum absolute atomic E-state index is 10.1. The van der Waals surface area contributed by atoms with Gasteiger partial charge >= 0.3 is 0 Å². The number of hydrogen-bond acceptors (Lipinski definition) is 3. The van der Waals surface area contributed by atoms with Crippen molar-refractivity contribution in [3.63, 3.8) is 0 Å². The molecule has 0 saturated heterocycles. The first-order valence-electron chi connectivity index (χ1n) is 7.10. The Balaban J connectivity index is 1.95. The average molecular weight is 290 g/mol. The van der Waals surface area contributed by atoms with E-state index in [1.165, 1.54) is 23.3 Å². The van der Waals surface area contributed by atoms with E-state index in [0.29, 0.717) is 5.56 Å². The Kier molecular flexibility index (Phi) is 2.63. The van der Waals surface area contributed by atoms with Crippen molar-refractivity contribution in [1.82, 2.24) is 0 Å². The molecular weight excluding hydrogens is 276 g/mol. The molecule has 0 heterocycles. The summed E-state index contributed by atoms with van der Waals surface area (Å²) in [6.45, 7) is 0. The van der Waals surface area contributed by atoms with E-state index in [1.807, 2.05) is 24.3 Å². The third kappa shape index (κ3) is 1.76. The second kappa shape index (κ2) is 4.53. The fourth-order valence-corrected chi connectivity index (χ4v) is 3.19. The smallest absolute Gasteiger partial charge is 0.161 e. The molecule has 3 nitrogen and oxygen atoms in total. The Morgan fingerprint density at radius 2 is 1.23 bits per heavy atom. The topological polar surface area (TPSA) is 60.7 Å². The van der Waals surface area contributed by atoms with E-state index in [-0.39, 0.29) is 17.2 Å². The van der Waals surface area contributed by atoms with Crippen LogP contribution in [0, 0.1) is 0 Å². The lowest BCUT2D eigenvalue weighted by Gasteiger charge is -2.11. The van der Waals surface area contributed by atoms with Gasteiger partial charge in [-0.25, -0.2) is 0 Å². The van der Waals surface area contributed by atoms with E-state index >= 15 is 0 Å². The molecule has 3 heteroatoms. The van der Waals surface area contributed by atoms with Crippen LogP contribution in [-0.4, -0.2) is 15.3 Å². The first-order valence-corrected chi connectivity index (χ1v) is 7.10. The minimum Gasteiger partial charge on any atom is -0.507 e. The SMILES string of the molecule is Oc1cc(O)c(-c2cccc3c2Cc2ccccc2-3)cc1O. The number of aromatic hydroxyl groups is 3. The summed E-state index contributed by atoms with van der Waals surface area (Å²) in [6.07, 6.45) is 0.794. The molecule has 0 unspecified atom stereocenters. The molecule has 0 fully saturated rings. The zero-order valence-electron chi connectivity index (χ0n) is 11.7. The van der Waals surface area contributed by atoms with Crippen LogP contribution in [0.5, 0.6) is 17.2 Å². The average Bonchev–Trinajstić information content (AvgIpc) is 2.90. The molecule has 0 saturated carbocycles. The Morgan fingerprint density at radius 1 is 0.591 bits per heavy atom. The number of phenolic OH excluding ortho intramolecular Hbond substituents is 3. The highest BCUT2D eigenvalue weighted by Gasteiger charge is 2.22. The van der Waals surface area contributed by atoms with Crippen LogP contribution in [0.15, 0.2) is 54.6 Å². The summed E-state index contributed by atoms with van der Waals surface area (Å²) in [5, 5.41) is 29.4. The minimum atomic E-state index is -0.322. The van der Waals surface area contributed by atoms with Gasteiger partial charge in [-0.3, -0.25) is 0 Å². The third-order valence-corrected chi connectivity index (χ3v) is 4.23. The van der Waals surface area contributed by atoms with E-state index in [4.69, 9.17) is 0 Å². The first kappa shape index (κ1) is 12.8. The second-order valence-corrected chi connectivity index (χ2v) is 5.52. The highest BCUT2D eigenvalue weighted by molar-refractivity contribution is 5.87. The quantitative estimate of drug-likeness (QED) is 0.366. The van der Waals surface area contributed by atoms with Gasteiger partial charge in [0.2, 0.25) is 0 Å². The zero-order valence-corrected chi connectivity index (χ0v) is 11.7. The number of hydrogen-bond donors (Lipinski definition) is 3. The highest BCUT2D eigenvalue weighted by atomic mass is 16.3. The molecule has 3 aromatic carbocycles. The van der Waals surface area contributed by atoms with Crippen LogP contribution in [0.4, 0.5) is 0 Å². The maximum Gasteiger partial charge on any atom is 0.161 e. The predicted molar refractivity (Wildman–Crippen MR) is 85.1 cm³/mol. The normalized spacial score (nSPS) is 12.0. The van der Waals surface area contributed by atoms with Crippen LogP contribution >= 0.6 is 0 Å². The highest BCUT2D eigenvalue weighted by Crippen LogP contribution is 2.45. The molecule has 0 spiro atoms. The van der Waals surface area contributed by atoms with Crippen LogP contribution in [0.25, 0.3) is 22.3 Å². The van der Waals surface area contributed by atoms with Gasteiger partial charge in [-0.15, -0.1) is 0 Å². The van der Waals surface area contributed by atoms with Crippen molar-refractivity contribution in [2.75, 3.05) is 0 Å². The van der Waals surface area contributed by atoms with Gasteiger partial charge in [0.05, 0.1) is 0 Å². The summed E-state index contributed by atoms with van der Waals surface area (Å²) in [4.78, 5) is 0. The van der Waals surface area contributed by atoms with Crippen molar-refractivity contribution in [2.45, 2.75) is 6.42 Å². The van der Waals surface area contributed by atoms with Crippen molar-refractivity contribution in [2.24, 2.45) is 0 Å². The fourth-order valence-electron chi connectivity index (χ4n) is 3.19.